The van der Waals surface area contributed by atoms with Gasteiger partial charge in [0.2, 0.25) is 0 Å². The van der Waals surface area contributed by atoms with Crippen molar-refractivity contribution < 1.29 is 65.4 Å². The summed E-state index contributed by atoms with van der Waals surface area (Å²) in [5.74, 6) is 0. The fraction of sp³-hybridized carbons (Fsp3) is 0. The van der Waals surface area contributed by atoms with Crippen LogP contribution in [0.5, 0.6) is 0 Å². The Morgan fingerprint density at radius 3 is 2.55 bits per heavy atom. The van der Waals surface area contributed by atoms with Crippen LogP contribution in [0.1, 0.15) is 0 Å². The van der Waals surface area contributed by atoms with Crippen molar-refractivity contribution >= 4 is 5.69 Å². The fourth-order valence-corrected chi connectivity index (χ4v) is 0.566. The first-order valence-electron chi connectivity index (χ1n) is 2.68. The van der Waals surface area contributed by atoms with E-state index in [0.29, 0.717) is 0 Å². The molecule has 0 atom stereocenters. The molecule has 0 unspecified atom stereocenters. The van der Waals surface area contributed by atoms with E-state index >= 15 is 0 Å². The molecule has 2 radical (unpaired) electrons. The van der Waals surface area contributed by atoms with Gasteiger partial charge in [-0.1, -0.05) is 0 Å². The second-order valence-electron chi connectivity index (χ2n) is 1.58. The van der Waals surface area contributed by atoms with E-state index in [1.807, 2.05) is 24.3 Å². The standard InChI is InChI=1S/C8H7N.2Y/c1-2-9-8-6-4-3-5-7-8;;/h3-6,9H,1H2;;/q-2;;. The molecule has 0 aromatic heterocycles. The second-order valence-corrected chi connectivity index (χ2v) is 1.58. The molecule has 0 saturated carbocycles. The molecule has 52 valence electrons. The molecule has 0 aliphatic heterocycles. The zero-order valence-corrected chi connectivity index (χ0v) is 11.8. The van der Waals surface area contributed by atoms with Crippen LogP contribution in [0.15, 0.2) is 30.8 Å². The van der Waals surface area contributed by atoms with Crippen molar-refractivity contribution in [2.24, 2.45) is 0 Å². The molecule has 1 N–H and O–H groups in total. The van der Waals surface area contributed by atoms with Crippen LogP contribution in [0.4, 0.5) is 5.69 Å². The quantitative estimate of drug-likeness (QED) is 0.648. The van der Waals surface area contributed by atoms with E-state index in [1.54, 1.807) is 0 Å². The van der Waals surface area contributed by atoms with Crippen LogP contribution in [0.2, 0.25) is 0 Å². The molecule has 0 aliphatic carbocycles. The van der Waals surface area contributed by atoms with E-state index < -0.39 is 0 Å². The average Bonchev–Trinajstić information content (AvgIpc) is 1.91. The minimum Gasteiger partial charge on any atom is -0.545 e. The third kappa shape index (κ3) is 6.16. The molecule has 1 aromatic carbocycles. The number of rotatable bonds is 2. The number of hydrogen-bond acceptors (Lipinski definition) is 1. The summed E-state index contributed by atoms with van der Waals surface area (Å²) < 4.78 is 0. The number of benzene rings is 1. The molecule has 1 rings (SSSR count). The predicted molar refractivity (Wildman–Crippen MR) is 37.8 cm³/mol. The van der Waals surface area contributed by atoms with Gasteiger partial charge in [-0.3, -0.25) is 6.07 Å². The molecule has 1 aromatic rings. The van der Waals surface area contributed by atoms with Gasteiger partial charge in [0.05, 0.1) is 0 Å². The van der Waals surface area contributed by atoms with Gasteiger partial charge in [-0.25, -0.2) is 11.8 Å². The van der Waals surface area contributed by atoms with Gasteiger partial charge in [-0.05, 0) is 0 Å². The summed E-state index contributed by atoms with van der Waals surface area (Å²) in [5, 5.41) is 2.79. The van der Waals surface area contributed by atoms with E-state index in [4.69, 9.17) is 0 Å². The number of hydrogen-bond donors (Lipinski definition) is 1. The molecule has 3 heteroatoms. The Kier molecular flexibility index (Phi) is 11.9. The predicted octanol–water partition coefficient (Wildman–Crippen LogP) is 1.84. The van der Waals surface area contributed by atoms with Gasteiger partial charge in [0.1, 0.15) is 0 Å². The van der Waals surface area contributed by atoms with Crippen molar-refractivity contribution in [2.45, 2.75) is 0 Å². The van der Waals surface area contributed by atoms with Crippen LogP contribution < -0.4 is 5.32 Å². The van der Waals surface area contributed by atoms with Crippen LogP contribution >= 0.6 is 0 Å². The van der Waals surface area contributed by atoms with Crippen LogP contribution in [0.3, 0.4) is 0 Å². The zero-order valence-electron chi connectivity index (χ0n) is 6.17. The molecule has 11 heavy (non-hydrogen) atoms. The number of para-hydroxylation sites is 1. The van der Waals surface area contributed by atoms with Gasteiger partial charge in [0, 0.05) is 65.4 Å². The van der Waals surface area contributed by atoms with Gasteiger partial charge in [-0.15, -0.1) is 0 Å². The Labute approximate surface area is 118 Å². The van der Waals surface area contributed by atoms with Crippen molar-refractivity contribution in [3.63, 3.8) is 0 Å². The summed E-state index contributed by atoms with van der Waals surface area (Å²) in [5.41, 5.74) is 0.896. The molecular weight excluding hydrogens is 288 g/mol. The SMILES string of the molecule is C=[C-]Nc1[c-]cccc1.[Y].[Y]. The summed E-state index contributed by atoms with van der Waals surface area (Å²) in [6.07, 6.45) is 2.55. The maximum absolute atomic E-state index is 3.40. The summed E-state index contributed by atoms with van der Waals surface area (Å²) in [6, 6.07) is 10.5. The summed E-state index contributed by atoms with van der Waals surface area (Å²) >= 11 is 0. The minimum atomic E-state index is 0. The molecular formula is C8H7NY2-2. The van der Waals surface area contributed by atoms with Crippen LogP contribution in [-0.2, 0) is 65.4 Å². The first-order chi connectivity index (χ1) is 4.43. The van der Waals surface area contributed by atoms with Crippen LogP contribution in [0, 0.1) is 12.3 Å². The monoisotopic (exact) mass is 295 g/mol. The third-order valence-corrected chi connectivity index (χ3v) is 0.932. The van der Waals surface area contributed by atoms with Gasteiger partial charge in [-0.2, -0.15) is 31.0 Å². The number of nitrogens with one attached hydrogen (secondary N) is 1. The van der Waals surface area contributed by atoms with Crippen molar-refractivity contribution in [3.05, 3.63) is 43.1 Å². The van der Waals surface area contributed by atoms with E-state index in [1.165, 1.54) is 0 Å². The molecule has 0 amide bonds. The summed E-state index contributed by atoms with van der Waals surface area (Å²) in [7, 11) is 0. The molecule has 0 spiro atoms. The second kappa shape index (κ2) is 9.06. The van der Waals surface area contributed by atoms with Crippen molar-refractivity contribution in [1.29, 1.82) is 0 Å². The van der Waals surface area contributed by atoms with Crippen molar-refractivity contribution in [2.75, 3.05) is 5.32 Å². The van der Waals surface area contributed by atoms with Crippen molar-refractivity contribution in [1.82, 2.24) is 0 Å². The Bertz CT molecular complexity index is 187. The molecule has 0 saturated heterocycles. The molecule has 0 heterocycles. The number of anilines is 1. The Hall–Kier alpha value is 0.968. The van der Waals surface area contributed by atoms with Crippen molar-refractivity contribution in [3.8, 4) is 0 Å². The average molecular weight is 295 g/mol. The van der Waals surface area contributed by atoms with E-state index in [0.717, 1.165) is 5.69 Å². The normalized spacial score (nSPS) is 6.91. The maximum atomic E-state index is 3.40. The first kappa shape index (κ1) is 14.5. The Morgan fingerprint density at radius 1 is 1.36 bits per heavy atom. The summed E-state index contributed by atoms with van der Waals surface area (Å²) in [6.45, 7) is 3.40. The van der Waals surface area contributed by atoms with Crippen LogP contribution in [0.25, 0.3) is 0 Å². The topological polar surface area (TPSA) is 12.0 Å². The zero-order chi connectivity index (χ0) is 6.53. The molecule has 0 fully saturated rings. The van der Waals surface area contributed by atoms with Crippen LogP contribution in [-0.4, -0.2) is 0 Å². The largest absolute Gasteiger partial charge is 0.545 e. The minimum absolute atomic E-state index is 0. The smallest absolute Gasteiger partial charge is 0 e. The Morgan fingerprint density at radius 2 is 2.09 bits per heavy atom. The van der Waals surface area contributed by atoms with Gasteiger partial charge < -0.3 is 5.32 Å². The van der Waals surface area contributed by atoms with Gasteiger partial charge in [0.25, 0.3) is 0 Å². The Balaban J connectivity index is 0. The molecule has 0 aliphatic rings. The molecule has 0 bridgehead atoms. The maximum Gasteiger partial charge on any atom is 0 e. The van der Waals surface area contributed by atoms with E-state index in [9.17, 15) is 0 Å². The first-order valence-corrected chi connectivity index (χ1v) is 2.68. The van der Waals surface area contributed by atoms with E-state index in [-0.39, 0.29) is 65.4 Å². The van der Waals surface area contributed by atoms with E-state index in [2.05, 4.69) is 24.2 Å². The van der Waals surface area contributed by atoms with Gasteiger partial charge >= 0.3 is 0 Å². The summed E-state index contributed by atoms with van der Waals surface area (Å²) in [4.78, 5) is 0. The molecule has 1 nitrogen and oxygen atoms in total. The fourth-order valence-electron chi connectivity index (χ4n) is 0.566. The third-order valence-electron chi connectivity index (χ3n) is 0.932. The van der Waals surface area contributed by atoms with Gasteiger partial charge in [0.15, 0.2) is 0 Å².